The molecule has 3 nitrogen and oxygen atoms in total. The first-order valence-electron chi connectivity index (χ1n) is 6.59. The van der Waals surface area contributed by atoms with E-state index in [2.05, 4.69) is 9.97 Å². The van der Waals surface area contributed by atoms with Gasteiger partial charge < -0.3 is 4.57 Å². The fourth-order valence-corrected chi connectivity index (χ4v) is 2.37. The third-order valence-corrected chi connectivity index (χ3v) is 3.94. The van der Waals surface area contributed by atoms with Gasteiger partial charge in [-0.3, -0.25) is 4.98 Å². The third kappa shape index (κ3) is 3.43. The summed E-state index contributed by atoms with van der Waals surface area (Å²) >= 11 is 12.0. The summed E-state index contributed by atoms with van der Waals surface area (Å²) in [5, 5.41) is 1.09. The highest BCUT2D eigenvalue weighted by Crippen LogP contribution is 2.27. The van der Waals surface area contributed by atoms with Gasteiger partial charge in [0, 0.05) is 36.6 Å². The van der Waals surface area contributed by atoms with Gasteiger partial charge in [0.05, 0.1) is 22.1 Å². The van der Waals surface area contributed by atoms with Crippen molar-refractivity contribution in [3.05, 3.63) is 70.9 Å². The first-order valence-corrected chi connectivity index (χ1v) is 7.35. The van der Waals surface area contributed by atoms with Gasteiger partial charge in [-0.2, -0.15) is 0 Å². The van der Waals surface area contributed by atoms with Crippen LogP contribution in [0.1, 0.15) is 5.69 Å². The Balaban J connectivity index is 1.72. The Bertz CT molecular complexity index is 738. The van der Waals surface area contributed by atoms with E-state index in [-0.39, 0.29) is 0 Å². The maximum Gasteiger partial charge on any atom is 0.0953 e. The second-order valence-electron chi connectivity index (χ2n) is 4.70. The Kier molecular flexibility index (Phi) is 4.23. The second kappa shape index (κ2) is 6.29. The average Bonchev–Trinajstić information content (AvgIpc) is 2.98. The van der Waals surface area contributed by atoms with Crippen molar-refractivity contribution < 1.29 is 0 Å². The van der Waals surface area contributed by atoms with Gasteiger partial charge in [0.15, 0.2) is 0 Å². The molecule has 3 rings (SSSR count). The number of rotatable bonds is 4. The van der Waals surface area contributed by atoms with Gasteiger partial charge in [-0.1, -0.05) is 35.3 Å². The number of hydrogen-bond acceptors (Lipinski definition) is 2. The fraction of sp³-hybridized carbons (Fsp3) is 0.125. The van der Waals surface area contributed by atoms with E-state index in [9.17, 15) is 0 Å². The molecule has 0 amide bonds. The Morgan fingerprint density at radius 2 is 1.90 bits per heavy atom. The maximum absolute atomic E-state index is 6.04. The smallest absolute Gasteiger partial charge is 0.0953 e. The average molecular weight is 318 g/mol. The molecular weight excluding hydrogens is 305 g/mol. The number of benzene rings is 1. The van der Waals surface area contributed by atoms with Crippen molar-refractivity contribution in [3.63, 3.8) is 0 Å². The summed E-state index contributed by atoms with van der Waals surface area (Å²) in [4.78, 5) is 8.72. The predicted molar refractivity (Wildman–Crippen MR) is 85.6 cm³/mol. The van der Waals surface area contributed by atoms with E-state index in [0.717, 1.165) is 29.9 Å². The molecule has 0 aliphatic heterocycles. The van der Waals surface area contributed by atoms with Gasteiger partial charge in [-0.15, -0.1) is 0 Å². The highest BCUT2D eigenvalue weighted by molar-refractivity contribution is 6.42. The van der Waals surface area contributed by atoms with Gasteiger partial charge in [0.25, 0.3) is 0 Å². The van der Waals surface area contributed by atoms with Crippen LogP contribution in [0.3, 0.4) is 0 Å². The van der Waals surface area contributed by atoms with Crippen LogP contribution in [0.4, 0.5) is 0 Å². The minimum atomic E-state index is 0.539. The molecule has 5 heteroatoms. The van der Waals surface area contributed by atoms with E-state index < -0.39 is 0 Å². The summed E-state index contributed by atoms with van der Waals surface area (Å²) in [6.45, 7) is 0.839. The quantitative estimate of drug-likeness (QED) is 0.709. The zero-order valence-corrected chi connectivity index (χ0v) is 12.7. The molecule has 2 aromatic heterocycles. The van der Waals surface area contributed by atoms with Crippen LogP contribution in [0, 0.1) is 0 Å². The van der Waals surface area contributed by atoms with Crippen LogP contribution in [0.5, 0.6) is 0 Å². The van der Waals surface area contributed by atoms with Gasteiger partial charge in [0.1, 0.15) is 0 Å². The predicted octanol–water partition coefficient (Wildman–Crippen LogP) is 4.49. The summed E-state index contributed by atoms with van der Waals surface area (Å²) in [6.07, 6.45) is 6.51. The molecule has 0 spiro atoms. The first-order chi connectivity index (χ1) is 10.2. The van der Waals surface area contributed by atoms with Crippen molar-refractivity contribution in [1.82, 2.24) is 14.5 Å². The van der Waals surface area contributed by atoms with Crippen LogP contribution in [0.25, 0.3) is 11.3 Å². The fourth-order valence-electron chi connectivity index (χ4n) is 2.08. The minimum Gasteiger partial charge on any atom is -0.336 e. The lowest BCUT2D eigenvalue weighted by molar-refractivity contribution is 0.685. The normalized spacial score (nSPS) is 10.8. The van der Waals surface area contributed by atoms with Crippen molar-refractivity contribution in [1.29, 1.82) is 0 Å². The summed E-state index contributed by atoms with van der Waals surface area (Å²) in [6, 6.07) is 11.5. The highest BCUT2D eigenvalue weighted by atomic mass is 35.5. The van der Waals surface area contributed by atoms with Crippen molar-refractivity contribution in [2.75, 3.05) is 0 Å². The van der Waals surface area contributed by atoms with E-state index in [0.29, 0.717) is 10.0 Å². The Morgan fingerprint density at radius 3 is 2.67 bits per heavy atom. The zero-order valence-electron chi connectivity index (χ0n) is 11.2. The van der Waals surface area contributed by atoms with Crippen molar-refractivity contribution in [2.45, 2.75) is 13.0 Å². The van der Waals surface area contributed by atoms with E-state index in [1.807, 2.05) is 53.6 Å². The van der Waals surface area contributed by atoms with Gasteiger partial charge in [0.2, 0.25) is 0 Å². The van der Waals surface area contributed by atoms with Crippen LogP contribution in [-0.2, 0) is 13.0 Å². The SMILES string of the molecule is Clc1ccc(-c2cn(CCc3ccccn3)cn2)cc1Cl. The Labute approximate surface area is 133 Å². The van der Waals surface area contributed by atoms with Gasteiger partial charge >= 0.3 is 0 Å². The largest absolute Gasteiger partial charge is 0.336 e. The number of aromatic nitrogens is 3. The molecule has 2 heterocycles. The molecule has 0 saturated carbocycles. The molecule has 0 bridgehead atoms. The van der Waals surface area contributed by atoms with Crippen molar-refractivity contribution in [3.8, 4) is 11.3 Å². The summed E-state index contributed by atoms with van der Waals surface area (Å²) in [5.41, 5.74) is 2.91. The minimum absolute atomic E-state index is 0.539. The number of nitrogens with zero attached hydrogens (tertiary/aromatic N) is 3. The number of imidazole rings is 1. The molecule has 0 radical (unpaired) electrons. The van der Waals surface area contributed by atoms with Crippen molar-refractivity contribution >= 4 is 23.2 Å². The third-order valence-electron chi connectivity index (χ3n) is 3.20. The van der Waals surface area contributed by atoms with Gasteiger partial charge in [-0.05, 0) is 24.3 Å². The molecular formula is C16H13Cl2N3. The molecule has 0 N–H and O–H groups in total. The van der Waals surface area contributed by atoms with E-state index in [1.54, 1.807) is 6.07 Å². The van der Waals surface area contributed by atoms with E-state index in [1.165, 1.54) is 0 Å². The second-order valence-corrected chi connectivity index (χ2v) is 5.51. The topological polar surface area (TPSA) is 30.7 Å². The molecule has 0 aliphatic carbocycles. The number of aryl methyl sites for hydroxylation is 2. The number of hydrogen-bond donors (Lipinski definition) is 0. The standard InChI is InChI=1S/C16H13Cl2N3/c17-14-5-4-12(9-15(14)18)16-10-21(11-20-16)8-6-13-3-1-2-7-19-13/h1-5,7,9-11H,6,8H2. The molecule has 1 aromatic carbocycles. The number of pyridine rings is 1. The lowest BCUT2D eigenvalue weighted by atomic mass is 10.2. The van der Waals surface area contributed by atoms with Crippen LogP contribution < -0.4 is 0 Å². The Morgan fingerprint density at radius 1 is 1.00 bits per heavy atom. The summed E-state index contributed by atoms with van der Waals surface area (Å²) in [7, 11) is 0. The molecule has 0 fully saturated rings. The number of halogens is 2. The van der Waals surface area contributed by atoms with E-state index in [4.69, 9.17) is 23.2 Å². The lowest BCUT2D eigenvalue weighted by Gasteiger charge is -2.02. The van der Waals surface area contributed by atoms with E-state index >= 15 is 0 Å². The molecule has 0 saturated heterocycles. The van der Waals surface area contributed by atoms with Gasteiger partial charge in [-0.25, -0.2) is 4.98 Å². The molecule has 21 heavy (non-hydrogen) atoms. The molecule has 106 valence electrons. The van der Waals surface area contributed by atoms with Crippen LogP contribution in [-0.4, -0.2) is 14.5 Å². The lowest BCUT2D eigenvalue weighted by Crippen LogP contribution is -1.99. The van der Waals surface area contributed by atoms with Crippen molar-refractivity contribution in [2.24, 2.45) is 0 Å². The monoisotopic (exact) mass is 317 g/mol. The molecule has 0 aliphatic rings. The molecule has 0 atom stereocenters. The van der Waals surface area contributed by atoms with Crippen LogP contribution in [0.2, 0.25) is 10.0 Å². The maximum atomic E-state index is 6.04. The van der Waals surface area contributed by atoms with Crippen LogP contribution >= 0.6 is 23.2 Å². The highest BCUT2D eigenvalue weighted by Gasteiger charge is 2.05. The van der Waals surface area contributed by atoms with Crippen LogP contribution in [0.15, 0.2) is 55.1 Å². The Hall–Kier alpha value is -1.84. The molecule has 3 aromatic rings. The summed E-state index contributed by atoms with van der Waals surface area (Å²) in [5.74, 6) is 0. The molecule has 0 unspecified atom stereocenters. The summed E-state index contributed by atoms with van der Waals surface area (Å²) < 4.78 is 2.05. The first kappa shape index (κ1) is 14.1. The zero-order chi connectivity index (χ0) is 14.7.